The van der Waals surface area contributed by atoms with Crippen LogP contribution in [0.4, 0.5) is 0 Å². The van der Waals surface area contributed by atoms with Gasteiger partial charge in [0, 0.05) is 42.7 Å². The van der Waals surface area contributed by atoms with Crippen molar-refractivity contribution in [3.05, 3.63) is 83.3 Å². The van der Waals surface area contributed by atoms with Gasteiger partial charge in [0.05, 0.1) is 11.6 Å². The summed E-state index contributed by atoms with van der Waals surface area (Å²) in [6.07, 6.45) is 4.53. The molecule has 1 aliphatic heterocycles. The van der Waals surface area contributed by atoms with Gasteiger partial charge in [-0.15, -0.1) is 0 Å². The lowest BCUT2D eigenvalue weighted by atomic mass is 9.93. The van der Waals surface area contributed by atoms with Crippen LogP contribution in [-0.2, 0) is 23.1 Å². The smallest absolute Gasteiger partial charge is 0.290 e. The third-order valence-corrected chi connectivity index (χ3v) is 6.06. The summed E-state index contributed by atoms with van der Waals surface area (Å²) < 4.78 is 2.01. The molecule has 0 bridgehead atoms. The topological polar surface area (TPSA) is 62.5 Å². The van der Waals surface area contributed by atoms with Gasteiger partial charge in [-0.05, 0) is 24.5 Å². The van der Waals surface area contributed by atoms with Gasteiger partial charge in [0.15, 0.2) is 11.5 Å². The van der Waals surface area contributed by atoms with Crippen molar-refractivity contribution in [2.24, 2.45) is 7.05 Å². The summed E-state index contributed by atoms with van der Waals surface area (Å²) in [6, 6.07) is 17.2. The monoisotopic (exact) mass is 416 g/mol. The van der Waals surface area contributed by atoms with Gasteiger partial charge in [-0.1, -0.05) is 61.9 Å². The minimum absolute atomic E-state index is 0.174. The lowest BCUT2D eigenvalue weighted by molar-refractivity contribution is -0.129. The Labute approximate surface area is 182 Å². The van der Waals surface area contributed by atoms with E-state index in [1.807, 2.05) is 72.4 Å². The number of carbonyl (C=O) groups is 2. The third-order valence-electron chi connectivity index (χ3n) is 6.06. The molecule has 1 aromatic heterocycles. The zero-order chi connectivity index (χ0) is 22.0. The Hall–Kier alpha value is -3.34. The number of benzene rings is 2. The van der Waals surface area contributed by atoms with Crippen LogP contribution in [0.3, 0.4) is 0 Å². The highest BCUT2D eigenvalue weighted by molar-refractivity contribution is 6.09. The summed E-state index contributed by atoms with van der Waals surface area (Å²) in [6.45, 7) is 2.56. The molecule has 0 saturated carbocycles. The number of aliphatic hydroxyl groups is 1. The number of para-hydroxylation sites is 1. The number of aliphatic hydroxyl groups excluding tert-OH is 1. The number of unbranched alkanes of at least 4 members (excludes halogenated alkanes) is 1. The summed E-state index contributed by atoms with van der Waals surface area (Å²) in [5.41, 5.74) is 3.20. The number of Topliss-reactive ketones (excluding diaryl/α,β-unsaturated/α-hetero) is 1. The van der Waals surface area contributed by atoms with E-state index in [0.717, 1.165) is 34.9 Å². The number of carbonyl (C=O) groups excluding carboxylic acids is 2. The van der Waals surface area contributed by atoms with E-state index in [0.29, 0.717) is 13.0 Å². The highest BCUT2D eigenvalue weighted by Gasteiger charge is 2.43. The minimum Gasteiger partial charge on any atom is -0.503 e. The van der Waals surface area contributed by atoms with E-state index in [9.17, 15) is 14.7 Å². The summed E-state index contributed by atoms with van der Waals surface area (Å²) >= 11 is 0. The highest BCUT2D eigenvalue weighted by Crippen LogP contribution is 2.41. The van der Waals surface area contributed by atoms with Gasteiger partial charge in [-0.2, -0.15) is 0 Å². The number of hydrogen-bond acceptors (Lipinski definition) is 3. The molecule has 0 saturated heterocycles. The van der Waals surface area contributed by atoms with Crippen molar-refractivity contribution in [2.75, 3.05) is 6.54 Å². The van der Waals surface area contributed by atoms with Gasteiger partial charge in [-0.25, -0.2) is 0 Å². The van der Waals surface area contributed by atoms with Gasteiger partial charge in [0.1, 0.15) is 0 Å². The number of aromatic nitrogens is 1. The summed E-state index contributed by atoms with van der Waals surface area (Å²) in [7, 11) is 1.96. The fourth-order valence-corrected chi connectivity index (χ4v) is 4.45. The average Bonchev–Trinajstić information content (AvgIpc) is 3.25. The Bertz CT molecular complexity index is 1140. The standard InChI is InChI=1S/C26H28N2O3/c1-3-4-16-28-24(20-17-27(2)21-13-9-8-12-19(20)21)23(25(30)26(28)31)22(29)15-14-18-10-6-5-7-11-18/h5-13,17,24,30H,3-4,14-16H2,1-2H3. The van der Waals surface area contributed by atoms with Crippen molar-refractivity contribution in [3.8, 4) is 0 Å². The summed E-state index contributed by atoms with van der Waals surface area (Å²) in [4.78, 5) is 28.0. The molecule has 31 heavy (non-hydrogen) atoms. The van der Waals surface area contributed by atoms with Crippen LogP contribution in [0, 0.1) is 0 Å². The molecule has 4 rings (SSSR count). The molecule has 3 aromatic rings. The number of hydrogen-bond donors (Lipinski definition) is 1. The molecule has 1 amide bonds. The Morgan fingerprint density at radius 2 is 1.77 bits per heavy atom. The van der Waals surface area contributed by atoms with Gasteiger partial charge < -0.3 is 14.6 Å². The van der Waals surface area contributed by atoms with Crippen LogP contribution in [0.1, 0.15) is 43.4 Å². The molecular weight excluding hydrogens is 388 g/mol. The number of rotatable bonds is 8. The molecule has 2 aromatic carbocycles. The Balaban J connectivity index is 1.73. The maximum Gasteiger partial charge on any atom is 0.290 e. The van der Waals surface area contributed by atoms with Crippen LogP contribution in [-0.4, -0.2) is 32.8 Å². The normalized spacial score (nSPS) is 16.5. The first-order chi connectivity index (χ1) is 15.0. The van der Waals surface area contributed by atoms with E-state index >= 15 is 0 Å². The number of fused-ring (bicyclic) bond motifs is 1. The second kappa shape index (κ2) is 8.80. The zero-order valence-corrected chi connectivity index (χ0v) is 18.0. The van der Waals surface area contributed by atoms with Gasteiger partial charge in [-0.3, -0.25) is 9.59 Å². The number of aryl methyl sites for hydroxylation is 2. The highest BCUT2D eigenvalue weighted by atomic mass is 16.3. The van der Waals surface area contributed by atoms with Crippen LogP contribution in [0.5, 0.6) is 0 Å². The van der Waals surface area contributed by atoms with E-state index in [-0.39, 0.29) is 17.8 Å². The molecule has 1 atom stereocenters. The largest absolute Gasteiger partial charge is 0.503 e. The summed E-state index contributed by atoms with van der Waals surface area (Å²) in [5, 5.41) is 11.8. The van der Waals surface area contributed by atoms with Crippen molar-refractivity contribution in [3.63, 3.8) is 0 Å². The molecule has 160 valence electrons. The van der Waals surface area contributed by atoms with E-state index in [2.05, 4.69) is 6.92 Å². The van der Waals surface area contributed by atoms with Crippen LogP contribution in [0.2, 0.25) is 0 Å². The first-order valence-electron chi connectivity index (χ1n) is 10.9. The molecule has 1 unspecified atom stereocenters. The minimum atomic E-state index is -0.562. The van der Waals surface area contributed by atoms with Crippen molar-refractivity contribution in [2.45, 2.75) is 38.6 Å². The molecule has 1 aliphatic rings. The predicted molar refractivity (Wildman–Crippen MR) is 122 cm³/mol. The lowest BCUT2D eigenvalue weighted by Crippen LogP contribution is -2.32. The fourth-order valence-electron chi connectivity index (χ4n) is 4.45. The maximum absolute atomic E-state index is 13.3. The van der Waals surface area contributed by atoms with E-state index in [4.69, 9.17) is 0 Å². The van der Waals surface area contributed by atoms with Crippen LogP contribution in [0.15, 0.2) is 72.1 Å². The fraction of sp³-hybridized carbons (Fsp3) is 0.308. The van der Waals surface area contributed by atoms with E-state index in [1.54, 1.807) is 4.90 Å². The molecule has 5 heteroatoms. The third kappa shape index (κ3) is 3.88. The van der Waals surface area contributed by atoms with E-state index in [1.165, 1.54) is 0 Å². The second-order valence-electron chi connectivity index (χ2n) is 8.14. The SMILES string of the molecule is CCCCN1C(=O)C(O)=C(C(=O)CCc2ccccc2)C1c1cn(C)c2ccccc12. The van der Waals surface area contributed by atoms with Gasteiger partial charge in [0.2, 0.25) is 0 Å². The van der Waals surface area contributed by atoms with Crippen LogP contribution >= 0.6 is 0 Å². The molecule has 1 N–H and O–H groups in total. The molecule has 0 fully saturated rings. The molecular formula is C26H28N2O3. The maximum atomic E-state index is 13.3. The Kier molecular flexibility index (Phi) is 5.94. The van der Waals surface area contributed by atoms with Crippen molar-refractivity contribution < 1.29 is 14.7 Å². The number of nitrogens with zero attached hydrogens (tertiary/aromatic N) is 2. The van der Waals surface area contributed by atoms with Gasteiger partial charge in [0.25, 0.3) is 5.91 Å². The predicted octanol–water partition coefficient (Wildman–Crippen LogP) is 4.88. The zero-order valence-electron chi connectivity index (χ0n) is 18.0. The quantitative estimate of drug-likeness (QED) is 0.569. The lowest BCUT2D eigenvalue weighted by Gasteiger charge is -2.26. The number of amides is 1. The van der Waals surface area contributed by atoms with Gasteiger partial charge >= 0.3 is 0 Å². The molecule has 0 aliphatic carbocycles. The molecule has 0 radical (unpaired) electrons. The number of ketones is 1. The summed E-state index contributed by atoms with van der Waals surface area (Å²) in [5.74, 6) is -1.02. The molecule has 2 heterocycles. The molecule has 0 spiro atoms. The average molecular weight is 417 g/mol. The van der Waals surface area contributed by atoms with Crippen molar-refractivity contribution in [1.82, 2.24) is 9.47 Å². The first kappa shape index (κ1) is 20.9. The van der Waals surface area contributed by atoms with Crippen LogP contribution in [0.25, 0.3) is 10.9 Å². The Morgan fingerprint density at radius 1 is 1.06 bits per heavy atom. The van der Waals surface area contributed by atoms with Crippen LogP contribution < -0.4 is 0 Å². The van der Waals surface area contributed by atoms with Crippen molar-refractivity contribution >= 4 is 22.6 Å². The van der Waals surface area contributed by atoms with Crippen molar-refractivity contribution in [1.29, 1.82) is 0 Å². The molecule has 5 nitrogen and oxygen atoms in total. The second-order valence-corrected chi connectivity index (χ2v) is 8.14. The Morgan fingerprint density at radius 3 is 2.52 bits per heavy atom. The van der Waals surface area contributed by atoms with E-state index < -0.39 is 17.7 Å². The first-order valence-corrected chi connectivity index (χ1v) is 10.9.